The van der Waals surface area contributed by atoms with Crippen LogP contribution in [0.3, 0.4) is 0 Å². The Balaban J connectivity index is 1.82. The Hall–Kier alpha value is -1.39. The van der Waals surface area contributed by atoms with Crippen LogP contribution in [0, 0.1) is 0 Å². The molecule has 0 aliphatic carbocycles. The number of rotatable bonds is 5. The van der Waals surface area contributed by atoms with Gasteiger partial charge in [0.25, 0.3) is 0 Å². The van der Waals surface area contributed by atoms with E-state index in [0.29, 0.717) is 13.0 Å². The Morgan fingerprint density at radius 2 is 2.28 bits per heavy atom. The average Bonchev–Trinajstić information content (AvgIpc) is 2.90. The molecule has 0 bridgehead atoms. The number of carbonyl (C=O) groups is 1. The monoisotopic (exact) mass is 248 g/mol. The van der Waals surface area contributed by atoms with Gasteiger partial charge in [-0.3, -0.25) is 4.79 Å². The Morgan fingerprint density at radius 1 is 1.44 bits per heavy atom. The van der Waals surface area contributed by atoms with Crippen molar-refractivity contribution >= 4 is 11.6 Å². The van der Waals surface area contributed by atoms with Crippen molar-refractivity contribution in [2.24, 2.45) is 5.73 Å². The maximum atomic E-state index is 11.8. The Morgan fingerprint density at radius 3 is 3.00 bits per heavy atom. The third-order valence-corrected chi connectivity index (χ3v) is 3.23. The minimum absolute atomic E-state index is 0.0337. The van der Waals surface area contributed by atoms with Crippen molar-refractivity contribution < 1.29 is 9.53 Å². The molecule has 1 aliphatic rings. The van der Waals surface area contributed by atoms with Crippen molar-refractivity contribution in [1.82, 2.24) is 0 Å². The molecule has 0 saturated carbocycles. The van der Waals surface area contributed by atoms with Gasteiger partial charge in [-0.2, -0.15) is 0 Å². The summed E-state index contributed by atoms with van der Waals surface area (Å²) < 4.78 is 5.50. The largest absolute Gasteiger partial charge is 0.378 e. The molecule has 18 heavy (non-hydrogen) atoms. The first-order chi connectivity index (χ1) is 8.79. The first-order valence-electron chi connectivity index (χ1n) is 6.49. The van der Waals surface area contributed by atoms with Crippen molar-refractivity contribution in [1.29, 1.82) is 0 Å². The van der Waals surface area contributed by atoms with Crippen molar-refractivity contribution in [3.63, 3.8) is 0 Å². The van der Waals surface area contributed by atoms with E-state index in [9.17, 15) is 4.79 Å². The van der Waals surface area contributed by atoms with E-state index in [-0.39, 0.29) is 12.0 Å². The summed E-state index contributed by atoms with van der Waals surface area (Å²) in [6.45, 7) is 1.27. The summed E-state index contributed by atoms with van der Waals surface area (Å²) in [6, 6.07) is 7.63. The second-order valence-electron chi connectivity index (χ2n) is 4.58. The molecular weight excluding hydrogens is 228 g/mol. The molecule has 3 N–H and O–H groups in total. The molecule has 2 rings (SSSR count). The summed E-state index contributed by atoms with van der Waals surface area (Å²) in [5.74, 6) is 0.0337. The number of ether oxygens (including phenoxy) is 1. The molecule has 0 spiro atoms. The van der Waals surface area contributed by atoms with Crippen LogP contribution in [0.1, 0.15) is 31.2 Å². The van der Waals surface area contributed by atoms with Crippen molar-refractivity contribution in [3.8, 4) is 0 Å². The van der Waals surface area contributed by atoms with Crippen molar-refractivity contribution in [2.45, 2.75) is 38.3 Å². The van der Waals surface area contributed by atoms with Gasteiger partial charge in [-0.1, -0.05) is 18.2 Å². The molecule has 4 nitrogen and oxygen atoms in total. The Labute approximate surface area is 108 Å². The molecule has 1 aliphatic heterocycles. The van der Waals surface area contributed by atoms with E-state index in [4.69, 9.17) is 10.5 Å². The third kappa shape index (κ3) is 3.55. The van der Waals surface area contributed by atoms with Crippen LogP contribution in [0.4, 0.5) is 5.69 Å². The number of hydrogen-bond acceptors (Lipinski definition) is 3. The lowest BCUT2D eigenvalue weighted by molar-refractivity contribution is -0.116. The van der Waals surface area contributed by atoms with Gasteiger partial charge in [0.1, 0.15) is 0 Å². The standard InChI is InChI=1S/C14H20N2O2/c15-10-11-4-1-2-6-13(11)16-14(17)8-7-12-5-3-9-18-12/h1-2,4,6,12H,3,5,7-10,15H2,(H,16,17). The van der Waals surface area contributed by atoms with E-state index in [2.05, 4.69) is 5.32 Å². The predicted octanol–water partition coefficient (Wildman–Crippen LogP) is 2.04. The zero-order valence-electron chi connectivity index (χ0n) is 10.5. The number of para-hydroxylation sites is 1. The number of anilines is 1. The molecule has 0 aromatic heterocycles. The average molecular weight is 248 g/mol. The molecule has 0 radical (unpaired) electrons. The van der Waals surface area contributed by atoms with Crippen LogP contribution < -0.4 is 11.1 Å². The molecule has 98 valence electrons. The molecule has 1 atom stereocenters. The fourth-order valence-corrected chi connectivity index (χ4v) is 2.20. The minimum Gasteiger partial charge on any atom is -0.378 e. The summed E-state index contributed by atoms with van der Waals surface area (Å²) in [6.07, 6.45) is 3.76. The molecule has 1 aromatic rings. The molecule has 1 amide bonds. The fourth-order valence-electron chi connectivity index (χ4n) is 2.20. The van der Waals surface area contributed by atoms with Gasteiger partial charge in [-0.05, 0) is 30.9 Å². The smallest absolute Gasteiger partial charge is 0.224 e. The van der Waals surface area contributed by atoms with Gasteiger partial charge in [0.2, 0.25) is 5.91 Å². The molecule has 4 heteroatoms. The summed E-state index contributed by atoms with van der Waals surface area (Å²) in [4.78, 5) is 11.8. The van der Waals surface area contributed by atoms with Gasteiger partial charge < -0.3 is 15.8 Å². The SMILES string of the molecule is NCc1ccccc1NC(=O)CCC1CCCO1. The molecular formula is C14H20N2O2. The predicted molar refractivity (Wildman–Crippen MR) is 71.2 cm³/mol. The summed E-state index contributed by atoms with van der Waals surface area (Å²) in [5.41, 5.74) is 7.41. The van der Waals surface area contributed by atoms with Crippen LogP contribution in [0.5, 0.6) is 0 Å². The van der Waals surface area contributed by atoms with E-state index in [1.165, 1.54) is 0 Å². The van der Waals surface area contributed by atoms with Crippen LogP contribution >= 0.6 is 0 Å². The highest BCUT2D eigenvalue weighted by molar-refractivity contribution is 5.91. The zero-order valence-corrected chi connectivity index (χ0v) is 10.5. The quantitative estimate of drug-likeness (QED) is 0.838. The van der Waals surface area contributed by atoms with Gasteiger partial charge in [0, 0.05) is 25.3 Å². The number of nitrogens with two attached hydrogens (primary N) is 1. The van der Waals surface area contributed by atoms with E-state index in [0.717, 1.165) is 37.1 Å². The van der Waals surface area contributed by atoms with Crippen LogP contribution in [-0.2, 0) is 16.1 Å². The normalized spacial score (nSPS) is 18.8. The number of hydrogen-bond donors (Lipinski definition) is 2. The Bertz CT molecular complexity index is 401. The minimum atomic E-state index is 0.0337. The molecule has 1 fully saturated rings. The van der Waals surface area contributed by atoms with Crippen LogP contribution in [-0.4, -0.2) is 18.6 Å². The summed E-state index contributed by atoms with van der Waals surface area (Å²) in [5, 5.41) is 2.91. The maximum absolute atomic E-state index is 11.8. The van der Waals surface area contributed by atoms with Crippen LogP contribution in [0.2, 0.25) is 0 Å². The number of amides is 1. The number of benzene rings is 1. The lowest BCUT2D eigenvalue weighted by Gasteiger charge is -2.11. The highest BCUT2D eigenvalue weighted by atomic mass is 16.5. The molecule has 1 heterocycles. The van der Waals surface area contributed by atoms with Gasteiger partial charge >= 0.3 is 0 Å². The summed E-state index contributed by atoms with van der Waals surface area (Å²) in [7, 11) is 0. The lowest BCUT2D eigenvalue weighted by atomic mass is 10.1. The van der Waals surface area contributed by atoms with E-state index < -0.39 is 0 Å². The van der Waals surface area contributed by atoms with Gasteiger partial charge in [-0.25, -0.2) is 0 Å². The molecule has 1 unspecified atom stereocenters. The lowest BCUT2D eigenvalue weighted by Crippen LogP contribution is -2.16. The fraction of sp³-hybridized carbons (Fsp3) is 0.500. The van der Waals surface area contributed by atoms with Gasteiger partial charge in [-0.15, -0.1) is 0 Å². The van der Waals surface area contributed by atoms with Gasteiger partial charge in [0.15, 0.2) is 0 Å². The van der Waals surface area contributed by atoms with E-state index in [1.54, 1.807) is 0 Å². The van der Waals surface area contributed by atoms with Crippen molar-refractivity contribution in [3.05, 3.63) is 29.8 Å². The molecule has 1 aromatic carbocycles. The van der Waals surface area contributed by atoms with E-state index in [1.807, 2.05) is 24.3 Å². The highest BCUT2D eigenvalue weighted by Gasteiger charge is 2.16. The third-order valence-electron chi connectivity index (χ3n) is 3.23. The van der Waals surface area contributed by atoms with Gasteiger partial charge in [0.05, 0.1) is 6.10 Å². The second kappa shape index (κ2) is 6.52. The first-order valence-corrected chi connectivity index (χ1v) is 6.49. The maximum Gasteiger partial charge on any atom is 0.224 e. The second-order valence-corrected chi connectivity index (χ2v) is 4.58. The van der Waals surface area contributed by atoms with Crippen molar-refractivity contribution in [2.75, 3.05) is 11.9 Å². The topological polar surface area (TPSA) is 64.3 Å². The zero-order chi connectivity index (χ0) is 12.8. The Kier molecular flexibility index (Phi) is 4.73. The number of nitrogens with one attached hydrogen (secondary N) is 1. The van der Waals surface area contributed by atoms with Crippen LogP contribution in [0.15, 0.2) is 24.3 Å². The molecule has 1 saturated heterocycles. The number of carbonyl (C=O) groups excluding carboxylic acids is 1. The first kappa shape index (κ1) is 13.1. The summed E-state index contributed by atoms with van der Waals surface area (Å²) >= 11 is 0. The van der Waals surface area contributed by atoms with Crippen LogP contribution in [0.25, 0.3) is 0 Å². The highest BCUT2D eigenvalue weighted by Crippen LogP contribution is 2.18. The van der Waals surface area contributed by atoms with E-state index >= 15 is 0 Å².